The standard InChI is InChI=1S/C11H16N2O4/c1-7-8(10(16)17-11(2,3)4)5-12-13(7)6-9(14)15/h5H,6H2,1-4H3,(H,14,15). The van der Waals surface area contributed by atoms with Gasteiger partial charge in [0.05, 0.1) is 11.9 Å². The molecule has 1 heterocycles. The second-order valence-corrected chi connectivity index (χ2v) is 4.70. The molecule has 0 radical (unpaired) electrons. The van der Waals surface area contributed by atoms with E-state index in [9.17, 15) is 9.59 Å². The maximum absolute atomic E-state index is 11.8. The van der Waals surface area contributed by atoms with Crippen LogP contribution in [0.15, 0.2) is 6.20 Å². The van der Waals surface area contributed by atoms with Crippen LogP contribution in [0.25, 0.3) is 0 Å². The molecule has 1 aromatic rings. The summed E-state index contributed by atoms with van der Waals surface area (Å²) in [6.45, 7) is 6.66. The molecule has 1 rings (SSSR count). The third kappa shape index (κ3) is 3.58. The number of carboxylic acid groups (broad SMARTS) is 1. The van der Waals surface area contributed by atoms with Crippen LogP contribution in [-0.2, 0) is 16.1 Å². The van der Waals surface area contributed by atoms with Crippen LogP contribution in [0.4, 0.5) is 0 Å². The molecule has 0 fully saturated rings. The molecule has 94 valence electrons. The molecule has 0 saturated carbocycles. The van der Waals surface area contributed by atoms with E-state index in [-0.39, 0.29) is 6.54 Å². The van der Waals surface area contributed by atoms with Crippen LogP contribution in [0.2, 0.25) is 0 Å². The molecule has 0 unspecified atom stereocenters. The molecule has 6 nitrogen and oxygen atoms in total. The number of carbonyl (C=O) groups excluding carboxylic acids is 1. The van der Waals surface area contributed by atoms with Gasteiger partial charge in [0, 0.05) is 0 Å². The van der Waals surface area contributed by atoms with Crippen LogP contribution in [0.3, 0.4) is 0 Å². The number of nitrogens with zero attached hydrogens (tertiary/aromatic N) is 2. The summed E-state index contributed by atoms with van der Waals surface area (Å²) >= 11 is 0. The molecule has 0 aliphatic carbocycles. The Morgan fingerprint density at radius 1 is 1.47 bits per heavy atom. The molecule has 6 heteroatoms. The minimum absolute atomic E-state index is 0.269. The van der Waals surface area contributed by atoms with Crippen molar-refractivity contribution in [2.45, 2.75) is 39.8 Å². The molecule has 0 saturated heterocycles. The molecule has 1 aromatic heterocycles. The fraction of sp³-hybridized carbons (Fsp3) is 0.545. The average molecular weight is 240 g/mol. The Labute approximate surface area is 99.2 Å². The third-order valence-electron chi connectivity index (χ3n) is 2.01. The van der Waals surface area contributed by atoms with Crippen LogP contribution in [0, 0.1) is 6.92 Å². The van der Waals surface area contributed by atoms with Gasteiger partial charge in [0.1, 0.15) is 17.7 Å². The molecule has 0 amide bonds. The van der Waals surface area contributed by atoms with E-state index < -0.39 is 17.5 Å². The van der Waals surface area contributed by atoms with Crippen molar-refractivity contribution < 1.29 is 19.4 Å². The normalized spacial score (nSPS) is 11.3. The Bertz CT molecular complexity index is 443. The molecule has 1 N–H and O–H groups in total. The molecule has 17 heavy (non-hydrogen) atoms. The summed E-state index contributed by atoms with van der Waals surface area (Å²) in [5.74, 6) is -1.50. The summed E-state index contributed by atoms with van der Waals surface area (Å²) in [5, 5.41) is 12.5. The molecular weight excluding hydrogens is 224 g/mol. The van der Waals surface area contributed by atoms with Crippen molar-refractivity contribution in [1.82, 2.24) is 9.78 Å². The summed E-state index contributed by atoms with van der Waals surface area (Å²) in [5.41, 5.74) is 0.195. The lowest BCUT2D eigenvalue weighted by Crippen LogP contribution is -2.24. The number of esters is 1. The van der Waals surface area contributed by atoms with Gasteiger partial charge in [-0.2, -0.15) is 5.10 Å². The van der Waals surface area contributed by atoms with Gasteiger partial charge < -0.3 is 9.84 Å². The van der Waals surface area contributed by atoms with Gasteiger partial charge >= 0.3 is 11.9 Å². The zero-order valence-corrected chi connectivity index (χ0v) is 10.4. The second kappa shape index (κ2) is 4.57. The van der Waals surface area contributed by atoms with Gasteiger partial charge in [-0.15, -0.1) is 0 Å². The number of aromatic nitrogens is 2. The number of aliphatic carboxylic acids is 1. The zero-order valence-electron chi connectivity index (χ0n) is 10.4. The van der Waals surface area contributed by atoms with Gasteiger partial charge in [-0.25, -0.2) is 4.79 Å². The summed E-state index contributed by atoms with van der Waals surface area (Å²) < 4.78 is 6.43. The van der Waals surface area contributed by atoms with Gasteiger partial charge in [0.2, 0.25) is 0 Å². The highest BCUT2D eigenvalue weighted by Crippen LogP contribution is 2.14. The predicted octanol–water partition coefficient (Wildman–Crippen LogP) is 1.23. The van der Waals surface area contributed by atoms with E-state index in [1.54, 1.807) is 27.7 Å². The number of hydrogen-bond donors (Lipinski definition) is 1. The zero-order chi connectivity index (χ0) is 13.2. The van der Waals surface area contributed by atoms with Crippen molar-refractivity contribution in [2.24, 2.45) is 0 Å². The number of hydrogen-bond acceptors (Lipinski definition) is 4. The van der Waals surface area contributed by atoms with E-state index in [0.29, 0.717) is 11.3 Å². The van der Waals surface area contributed by atoms with Crippen LogP contribution in [0.5, 0.6) is 0 Å². The number of carboxylic acids is 1. The smallest absolute Gasteiger partial charge is 0.342 e. The van der Waals surface area contributed by atoms with Crippen molar-refractivity contribution in [3.63, 3.8) is 0 Å². The summed E-state index contributed by atoms with van der Waals surface area (Å²) in [7, 11) is 0. The first-order valence-electron chi connectivity index (χ1n) is 5.18. The second-order valence-electron chi connectivity index (χ2n) is 4.70. The predicted molar refractivity (Wildman–Crippen MR) is 59.8 cm³/mol. The molecule has 0 aliphatic heterocycles. The number of carbonyl (C=O) groups is 2. The van der Waals surface area contributed by atoms with E-state index in [0.717, 1.165) is 0 Å². The van der Waals surface area contributed by atoms with Gasteiger partial charge in [-0.3, -0.25) is 9.48 Å². The maximum atomic E-state index is 11.8. The van der Waals surface area contributed by atoms with Crippen molar-refractivity contribution in [3.05, 3.63) is 17.5 Å². The van der Waals surface area contributed by atoms with Crippen molar-refractivity contribution in [1.29, 1.82) is 0 Å². The van der Waals surface area contributed by atoms with Crippen LogP contribution in [-0.4, -0.2) is 32.4 Å². The Hall–Kier alpha value is -1.85. The fourth-order valence-corrected chi connectivity index (χ4v) is 1.27. The van der Waals surface area contributed by atoms with E-state index in [1.165, 1.54) is 10.9 Å². The fourth-order valence-electron chi connectivity index (χ4n) is 1.27. The molecule has 0 atom stereocenters. The number of ether oxygens (including phenoxy) is 1. The first-order valence-corrected chi connectivity index (χ1v) is 5.18. The minimum Gasteiger partial charge on any atom is -0.480 e. The summed E-state index contributed by atoms with van der Waals surface area (Å²) in [6, 6.07) is 0. The van der Waals surface area contributed by atoms with Gasteiger partial charge in [-0.05, 0) is 27.7 Å². The van der Waals surface area contributed by atoms with Gasteiger partial charge in [0.25, 0.3) is 0 Å². The van der Waals surface area contributed by atoms with Crippen molar-refractivity contribution in [2.75, 3.05) is 0 Å². The first-order chi connectivity index (χ1) is 7.70. The van der Waals surface area contributed by atoms with Crippen molar-refractivity contribution in [3.8, 4) is 0 Å². The summed E-state index contributed by atoms with van der Waals surface area (Å²) in [4.78, 5) is 22.3. The summed E-state index contributed by atoms with van der Waals surface area (Å²) in [6.07, 6.45) is 1.33. The first kappa shape index (κ1) is 13.2. The molecule has 0 aliphatic rings. The van der Waals surface area contributed by atoms with Crippen LogP contribution >= 0.6 is 0 Å². The van der Waals surface area contributed by atoms with E-state index in [2.05, 4.69) is 5.10 Å². The lowest BCUT2D eigenvalue weighted by Gasteiger charge is -2.19. The monoisotopic (exact) mass is 240 g/mol. The van der Waals surface area contributed by atoms with Crippen molar-refractivity contribution >= 4 is 11.9 Å². The van der Waals surface area contributed by atoms with Crippen LogP contribution < -0.4 is 0 Å². The highest BCUT2D eigenvalue weighted by Gasteiger charge is 2.22. The Morgan fingerprint density at radius 2 is 2.06 bits per heavy atom. The highest BCUT2D eigenvalue weighted by molar-refractivity contribution is 5.90. The van der Waals surface area contributed by atoms with Gasteiger partial charge in [-0.1, -0.05) is 0 Å². The quantitative estimate of drug-likeness (QED) is 0.803. The molecular formula is C11H16N2O4. The third-order valence-corrected chi connectivity index (χ3v) is 2.01. The Morgan fingerprint density at radius 3 is 2.53 bits per heavy atom. The minimum atomic E-state index is -1.01. The lowest BCUT2D eigenvalue weighted by atomic mass is 10.2. The largest absolute Gasteiger partial charge is 0.480 e. The van der Waals surface area contributed by atoms with Crippen LogP contribution in [0.1, 0.15) is 36.8 Å². The maximum Gasteiger partial charge on any atom is 0.342 e. The SMILES string of the molecule is Cc1c(C(=O)OC(C)(C)C)cnn1CC(=O)O. The molecule has 0 aromatic carbocycles. The topological polar surface area (TPSA) is 81.4 Å². The van der Waals surface area contributed by atoms with E-state index in [4.69, 9.17) is 9.84 Å². The Balaban J connectivity index is 2.89. The number of rotatable bonds is 3. The molecule has 0 spiro atoms. The van der Waals surface area contributed by atoms with Gasteiger partial charge in [0.15, 0.2) is 0 Å². The average Bonchev–Trinajstić information content (AvgIpc) is 2.44. The van der Waals surface area contributed by atoms with E-state index >= 15 is 0 Å². The van der Waals surface area contributed by atoms with E-state index in [1.807, 2.05) is 0 Å². The highest BCUT2D eigenvalue weighted by atomic mass is 16.6. The lowest BCUT2D eigenvalue weighted by molar-refractivity contribution is -0.137. The molecule has 0 bridgehead atoms. The Kier molecular flexibility index (Phi) is 3.55.